The van der Waals surface area contributed by atoms with Gasteiger partial charge in [-0.1, -0.05) is 6.07 Å². The Kier molecular flexibility index (Phi) is 4.21. The van der Waals surface area contributed by atoms with E-state index < -0.39 is 0 Å². The summed E-state index contributed by atoms with van der Waals surface area (Å²) in [5, 5.41) is 7.08. The van der Waals surface area contributed by atoms with Gasteiger partial charge in [-0.15, -0.1) is 0 Å². The highest BCUT2D eigenvalue weighted by Crippen LogP contribution is 2.11. The van der Waals surface area contributed by atoms with Crippen LogP contribution in [0.4, 0.5) is 0 Å². The summed E-state index contributed by atoms with van der Waals surface area (Å²) in [6.07, 6.45) is 11.9. The number of aromatic nitrogens is 6. The number of hydrogen-bond donors (Lipinski definition) is 1. The van der Waals surface area contributed by atoms with Crippen molar-refractivity contribution < 1.29 is 4.79 Å². The molecule has 0 saturated heterocycles. The van der Waals surface area contributed by atoms with Gasteiger partial charge >= 0.3 is 0 Å². The molecule has 0 saturated carbocycles. The molecular weight excluding hydrogens is 330 g/mol. The Bertz CT molecular complexity index is 992. The second-order valence-corrected chi connectivity index (χ2v) is 5.49. The average molecular weight is 345 g/mol. The smallest absolute Gasteiger partial charge is 0.253 e. The molecule has 0 aromatic carbocycles. The lowest BCUT2D eigenvalue weighted by molar-refractivity contribution is 0.0950. The molecule has 4 aromatic rings. The topological polar surface area (TPSA) is 90.5 Å². The van der Waals surface area contributed by atoms with E-state index in [0.717, 1.165) is 5.56 Å². The number of amides is 1. The van der Waals surface area contributed by atoms with Crippen molar-refractivity contribution in [2.45, 2.75) is 6.54 Å². The number of pyridine rings is 2. The molecule has 4 heterocycles. The Morgan fingerprint density at radius 1 is 1.04 bits per heavy atom. The lowest BCUT2D eigenvalue weighted by Crippen LogP contribution is -2.24. The molecule has 1 N–H and O–H groups in total. The van der Waals surface area contributed by atoms with Gasteiger partial charge in [0, 0.05) is 49.3 Å². The fraction of sp³-hybridized carbons (Fsp3) is 0.0556. The predicted molar refractivity (Wildman–Crippen MR) is 93.9 cm³/mol. The molecule has 0 atom stereocenters. The zero-order chi connectivity index (χ0) is 17.8. The summed E-state index contributed by atoms with van der Waals surface area (Å²) in [6.45, 7) is 0.338. The molecule has 0 aliphatic carbocycles. The van der Waals surface area contributed by atoms with Crippen LogP contribution < -0.4 is 5.32 Å². The van der Waals surface area contributed by atoms with Crippen LogP contribution in [0, 0.1) is 0 Å². The Balaban J connectivity index is 1.46. The number of imidazole rings is 1. The second kappa shape index (κ2) is 6.98. The number of rotatable bonds is 5. The number of hydrogen-bond acceptors (Lipinski definition) is 5. The summed E-state index contributed by atoms with van der Waals surface area (Å²) in [7, 11) is 0. The summed E-state index contributed by atoms with van der Waals surface area (Å²) in [4.78, 5) is 25.0. The van der Waals surface area contributed by atoms with Crippen LogP contribution in [0.3, 0.4) is 0 Å². The molecule has 0 aliphatic heterocycles. The number of nitrogens with zero attached hydrogens (tertiary/aromatic N) is 6. The molecule has 8 heteroatoms. The van der Waals surface area contributed by atoms with E-state index in [1.165, 1.54) is 0 Å². The van der Waals surface area contributed by atoms with Crippen LogP contribution in [-0.4, -0.2) is 35.2 Å². The van der Waals surface area contributed by atoms with Crippen LogP contribution in [0.1, 0.15) is 15.9 Å². The lowest BCUT2D eigenvalue weighted by Gasteiger charge is -2.10. The maximum atomic E-state index is 12.4. The van der Waals surface area contributed by atoms with Gasteiger partial charge in [0.15, 0.2) is 5.82 Å². The molecule has 0 fully saturated rings. The second-order valence-electron chi connectivity index (χ2n) is 5.49. The average Bonchev–Trinajstić information content (AvgIpc) is 3.40. The Hall–Kier alpha value is -3.81. The van der Waals surface area contributed by atoms with E-state index in [2.05, 4.69) is 25.4 Å². The van der Waals surface area contributed by atoms with Crippen molar-refractivity contribution >= 4 is 5.91 Å². The van der Waals surface area contributed by atoms with Crippen molar-refractivity contribution in [2.75, 3.05) is 0 Å². The predicted octanol–water partition coefficient (Wildman–Crippen LogP) is 1.78. The van der Waals surface area contributed by atoms with Crippen LogP contribution in [0.15, 0.2) is 73.8 Å². The standard InChI is InChI=1S/C18H15N7O/c26-18(15-4-5-16(21-12-15)24-10-8-19-13-24)22-11-14-3-1-6-20-17(14)25-9-2-7-23-25/h1-10,12-13H,11H2,(H,22,26). The summed E-state index contributed by atoms with van der Waals surface area (Å²) < 4.78 is 3.44. The number of carbonyl (C=O) groups is 1. The minimum atomic E-state index is -0.204. The monoisotopic (exact) mass is 345 g/mol. The van der Waals surface area contributed by atoms with E-state index in [1.54, 1.807) is 58.7 Å². The Morgan fingerprint density at radius 3 is 2.73 bits per heavy atom. The maximum absolute atomic E-state index is 12.4. The maximum Gasteiger partial charge on any atom is 0.253 e. The fourth-order valence-electron chi connectivity index (χ4n) is 2.51. The van der Waals surface area contributed by atoms with E-state index in [9.17, 15) is 4.79 Å². The summed E-state index contributed by atoms with van der Waals surface area (Å²) in [5.41, 5.74) is 1.35. The zero-order valence-corrected chi connectivity index (χ0v) is 13.7. The van der Waals surface area contributed by atoms with E-state index in [4.69, 9.17) is 0 Å². The van der Waals surface area contributed by atoms with Gasteiger partial charge in [0.25, 0.3) is 5.91 Å². The molecule has 8 nitrogen and oxygen atoms in total. The highest BCUT2D eigenvalue weighted by atomic mass is 16.1. The first kappa shape index (κ1) is 15.7. The van der Waals surface area contributed by atoms with Crippen molar-refractivity contribution in [2.24, 2.45) is 0 Å². The van der Waals surface area contributed by atoms with Gasteiger partial charge in [-0.2, -0.15) is 5.10 Å². The zero-order valence-electron chi connectivity index (χ0n) is 13.7. The van der Waals surface area contributed by atoms with Crippen molar-refractivity contribution in [3.05, 3.63) is 85.0 Å². The normalized spacial score (nSPS) is 10.6. The Labute approximate surface area is 149 Å². The first-order valence-corrected chi connectivity index (χ1v) is 7.98. The van der Waals surface area contributed by atoms with Gasteiger partial charge in [0.2, 0.25) is 0 Å². The number of carbonyl (C=O) groups excluding carboxylic acids is 1. The third-order valence-corrected chi connectivity index (χ3v) is 3.81. The minimum absolute atomic E-state index is 0.204. The van der Waals surface area contributed by atoms with Gasteiger partial charge in [-0.3, -0.25) is 9.36 Å². The lowest BCUT2D eigenvalue weighted by atomic mass is 10.2. The van der Waals surface area contributed by atoms with E-state index in [1.807, 2.05) is 24.4 Å². The summed E-state index contributed by atoms with van der Waals surface area (Å²) in [6, 6.07) is 9.07. The highest BCUT2D eigenvalue weighted by molar-refractivity contribution is 5.93. The summed E-state index contributed by atoms with van der Waals surface area (Å²) >= 11 is 0. The molecule has 0 radical (unpaired) electrons. The molecule has 4 rings (SSSR count). The third kappa shape index (κ3) is 3.20. The van der Waals surface area contributed by atoms with Crippen molar-refractivity contribution in [3.8, 4) is 11.6 Å². The van der Waals surface area contributed by atoms with Crippen LogP contribution >= 0.6 is 0 Å². The van der Waals surface area contributed by atoms with Crippen molar-refractivity contribution in [1.29, 1.82) is 0 Å². The molecule has 128 valence electrons. The third-order valence-electron chi connectivity index (χ3n) is 3.81. The molecule has 4 aromatic heterocycles. The van der Waals surface area contributed by atoms with Gasteiger partial charge in [-0.25, -0.2) is 19.6 Å². The molecule has 0 spiro atoms. The highest BCUT2D eigenvalue weighted by Gasteiger charge is 2.10. The molecule has 0 unspecified atom stereocenters. The van der Waals surface area contributed by atoms with Gasteiger partial charge in [0.05, 0.1) is 5.56 Å². The first-order chi connectivity index (χ1) is 12.8. The van der Waals surface area contributed by atoms with Crippen molar-refractivity contribution in [3.63, 3.8) is 0 Å². The van der Waals surface area contributed by atoms with Crippen LogP contribution in [0.25, 0.3) is 11.6 Å². The van der Waals surface area contributed by atoms with Crippen molar-refractivity contribution in [1.82, 2.24) is 34.6 Å². The minimum Gasteiger partial charge on any atom is -0.348 e. The van der Waals surface area contributed by atoms with E-state index >= 15 is 0 Å². The van der Waals surface area contributed by atoms with Crippen LogP contribution in [0.5, 0.6) is 0 Å². The van der Waals surface area contributed by atoms with Gasteiger partial charge < -0.3 is 5.32 Å². The van der Waals surface area contributed by atoms with E-state index in [-0.39, 0.29) is 5.91 Å². The fourth-order valence-corrected chi connectivity index (χ4v) is 2.51. The molecule has 1 amide bonds. The Morgan fingerprint density at radius 2 is 2.00 bits per heavy atom. The molecule has 0 aliphatic rings. The van der Waals surface area contributed by atoms with Crippen LogP contribution in [0.2, 0.25) is 0 Å². The van der Waals surface area contributed by atoms with E-state index in [0.29, 0.717) is 23.7 Å². The summed E-state index contributed by atoms with van der Waals surface area (Å²) in [5.74, 6) is 1.18. The van der Waals surface area contributed by atoms with Gasteiger partial charge in [0.1, 0.15) is 12.1 Å². The first-order valence-electron chi connectivity index (χ1n) is 7.98. The number of nitrogens with one attached hydrogen (secondary N) is 1. The van der Waals surface area contributed by atoms with Gasteiger partial charge in [-0.05, 0) is 24.3 Å². The quantitative estimate of drug-likeness (QED) is 0.595. The van der Waals surface area contributed by atoms with Crippen LogP contribution in [-0.2, 0) is 6.54 Å². The molecule has 26 heavy (non-hydrogen) atoms. The largest absolute Gasteiger partial charge is 0.348 e. The molecular formula is C18H15N7O. The molecule has 0 bridgehead atoms. The SMILES string of the molecule is O=C(NCc1cccnc1-n1cccn1)c1ccc(-n2ccnc2)nc1.